The molecular weight excluding hydrogens is 284 g/mol. The molecule has 2 heterocycles. The number of fused-ring (bicyclic) bond motifs is 2. The van der Waals surface area contributed by atoms with Crippen LogP contribution >= 0.6 is 0 Å². The lowest BCUT2D eigenvalue weighted by atomic mass is 10.1. The molecule has 114 valence electrons. The normalized spacial score (nSPS) is 13.5. The standard InChI is InChI=1S/C19H18N4/c1-12-9-16-17(10-13(12)2)21-19-18(20-16)11-15(22-23(19)3)14-7-5-4-6-8-14/h4-11,22H,1-3H3. The van der Waals surface area contributed by atoms with Crippen molar-refractivity contribution in [3.8, 4) is 0 Å². The van der Waals surface area contributed by atoms with Crippen molar-refractivity contribution in [1.82, 2.24) is 15.4 Å². The Bertz CT molecular complexity index is 929. The molecule has 0 radical (unpaired) electrons. The van der Waals surface area contributed by atoms with E-state index in [9.17, 15) is 0 Å². The first-order valence-electron chi connectivity index (χ1n) is 7.68. The molecule has 0 atom stereocenters. The van der Waals surface area contributed by atoms with E-state index in [4.69, 9.17) is 9.97 Å². The molecule has 0 unspecified atom stereocenters. The van der Waals surface area contributed by atoms with E-state index >= 15 is 0 Å². The van der Waals surface area contributed by atoms with E-state index < -0.39 is 0 Å². The predicted molar refractivity (Wildman–Crippen MR) is 94.9 cm³/mol. The summed E-state index contributed by atoms with van der Waals surface area (Å²) in [7, 11) is 1.97. The van der Waals surface area contributed by atoms with E-state index in [1.807, 2.05) is 30.3 Å². The summed E-state index contributed by atoms with van der Waals surface area (Å²) in [6.07, 6.45) is 2.06. The van der Waals surface area contributed by atoms with Crippen molar-refractivity contribution in [1.29, 1.82) is 0 Å². The Hall–Kier alpha value is -2.88. The van der Waals surface area contributed by atoms with Crippen LogP contribution in [0, 0.1) is 13.8 Å². The van der Waals surface area contributed by atoms with Crippen LogP contribution in [0.2, 0.25) is 0 Å². The molecule has 1 N–H and O–H groups in total. The minimum Gasteiger partial charge on any atom is -0.297 e. The number of hydrazine groups is 1. The van der Waals surface area contributed by atoms with Gasteiger partial charge in [-0.25, -0.2) is 9.97 Å². The van der Waals surface area contributed by atoms with Crippen molar-refractivity contribution in [2.45, 2.75) is 13.8 Å². The topological polar surface area (TPSA) is 41.1 Å². The predicted octanol–water partition coefficient (Wildman–Crippen LogP) is 3.70. The number of hydrogen-bond acceptors (Lipinski definition) is 4. The van der Waals surface area contributed by atoms with Crippen molar-refractivity contribution in [3.05, 3.63) is 64.8 Å². The lowest BCUT2D eigenvalue weighted by Crippen LogP contribution is -2.36. The van der Waals surface area contributed by atoms with Gasteiger partial charge in [-0.3, -0.25) is 10.4 Å². The number of anilines is 1. The van der Waals surface area contributed by atoms with E-state index in [1.54, 1.807) is 0 Å². The summed E-state index contributed by atoms with van der Waals surface area (Å²) >= 11 is 0. The molecule has 1 aromatic heterocycles. The zero-order valence-corrected chi connectivity index (χ0v) is 13.5. The fraction of sp³-hybridized carbons (Fsp3) is 0.158. The maximum Gasteiger partial charge on any atom is 0.173 e. The number of aryl methyl sites for hydroxylation is 2. The van der Waals surface area contributed by atoms with Crippen molar-refractivity contribution in [3.63, 3.8) is 0 Å². The Morgan fingerprint density at radius 2 is 1.57 bits per heavy atom. The summed E-state index contributed by atoms with van der Waals surface area (Å²) in [6, 6.07) is 14.5. The highest BCUT2D eigenvalue weighted by Crippen LogP contribution is 2.28. The van der Waals surface area contributed by atoms with Crippen LogP contribution in [-0.4, -0.2) is 17.0 Å². The SMILES string of the molecule is Cc1cc2nc3c(nc2cc1C)N(C)NC(c1ccccc1)=C3. The van der Waals surface area contributed by atoms with Gasteiger partial charge in [-0.05, 0) is 48.7 Å². The molecule has 23 heavy (non-hydrogen) atoms. The molecule has 1 aliphatic heterocycles. The average molecular weight is 302 g/mol. The fourth-order valence-electron chi connectivity index (χ4n) is 2.83. The minimum absolute atomic E-state index is 0.848. The second-order valence-electron chi connectivity index (χ2n) is 5.95. The first-order valence-corrected chi connectivity index (χ1v) is 7.68. The van der Waals surface area contributed by atoms with E-state index in [1.165, 1.54) is 11.1 Å². The number of aromatic nitrogens is 2. The molecular formula is C19H18N4. The maximum atomic E-state index is 4.82. The molecule has 0 saturated carbocycles. The molecule has 2 aromatic carbocycles. The molecule has 4 heteroatoms. The zero-order chi connectivity index (χ0) is 16.0. The smallest absolute Gasteiger partial charge is 0.173 e. The van der Waals surface area contributed by atoms with Crippen LogP contribution in [-0.2, 0) is 0 Å². The van der Waals surface area contributed by atoms with E-state index in [0.717, 1.165) is 33.8 Å². The van der Waals surface area contributed by atoms with Gasteiger partial charge in [0.15, 0.2) is 5.82 Å². The first kappa shape index (κ1) is 13.8. The minimum atomic E-state index is 0.848. The Kier molecular flexibility index (Phi) is 3.05. The summed E-state index contributed by atoms with van der Waals surface area (Å²) in [4.78, 5) is 9.61. The van der Waals surface area contributed by atoms with Crippen LogP contribution < -0.4 is 10.4 Å². The van der Waals surface area contributed by atoms with Crippen LogP contribution in [0.1, 0.15) is 22.4 Å². The number of nitrogens with zero attached hydrogens (tertiary/aromatic N) is 3. The zero-order valence-electron chi connectivity index (χ0n) is 13.5. The highest BCUT2D eigenvalue weighted by molar-refractivity contribution is 5.89. The highest BCUT2D eigenvalue weighted by Gasteiger charge is 2.19. The van der Waals surface area contributed by atoms with Gasteiger partial charge in [0.1, 0.15) is 5.69 Å². The van der Waals surface area contributed by atoms with Gasteiger partial charge in [0.2, 0.25) is 0 Å². The fourth-order valence-corrected chi connectivity index (χ4v) is 2.83. The molecule has 0 spiro atoms. The third-order valence-electron chi connectivity index (χ3n) is 4.26. The van der Waals surface area contributed by atoms with Gasteiger partial charge in [0.05, 0.1) is 16.7 Å². The molecule has 3 aromatic rings. The lowest BCUT2D eigenvalue weighted by molar-refractivity contribution is 0.826. The van der Waals surface area contributed by atoms with Gasteiger partial charge in [-0.15, -0.1) is 0 Å². The third kappa shape index (κ3) is 2.32. The number of rotatable bonds is 1. The van der Waals surface area contributed by atoms with E-state index in [2.05, 4.69) is 49.6 Å². The molecule has 1 aliphatic rings. The summed E-state index contributed by atoms with van der Waals surface area (Å²) in [6.45, 7) is 4.21. The Morgan fingerprint density at radius 1 is 0.913 bits per heavy atom. The van der Waals surface area contributed by atoms with Crippen LogP contribution in [0.4, 0.5) is 5.82 Å². The summed E-state index contributed by atoms with van der Waals surface area (Å²) < 4.78 is 0. The van der Waals surface area contributed by atoms with E-state index in [-0.39, 0.29) is 0 Å². The molecule has 0 saturated heterocycles. The summed E-state index contributed by atoms with van der Waals surface area (Å²) in [5.41, 5.74) is 10.8. The molecule has 0 amide bonds. The first-order chi connectivity index (χ1) is 11.1. The molecule has 0 fully saturated rings. The Labute approximate surface area is 135 Å². The van der Waals surface area contributed by atoms with Gasteiger partial charge in [-0.2, -0.15) is 0 Å². The molecule has 0 aliphatic carbocycles. The van der Waals surface area contributed by atoms with Crippen molar-refractivity contribution < 1.29 is 0 Å². The molecule has 4 rings (SSSR count). The van der Waals surface area contributed by atoms with Gasteiger partial charge in [-0.1, -0.05) is 30.3 Å². The van der Waals surface area contributed by atoms with Crippen LogP contribution in [0.5, 0.6) is 0 Å². The molecule has 4 nitrogen and oxygen atoms in total. The van der Waals surface area contributed by atoms with Gasteiger partial charge in [0, 0.05) is 7.05 Å². The number of hydrogen-bond donors (Lipinski definition) is 1. The summed E-state index contributed by atoms with van der Waals surface area (Å²) in [5.74, 6) is 0.848. The monoisotopic (exact) mass is 302 g/mol. The van der Waals surface area contributed by atoms with Crippen molar-refractivity contribution in [2.75, 3.05) is 12.1 Å². The Balaban J connectivity index is 1.90. The van der Waals surface area contributed by atoms with Crippen molar-refractivity contribution >= 4 is 28.6 Å². The lowest BCUT2D eigenvalue weighted by Gasteiger charge is -2.28. The number of nitrogens with one attached hydrogen (secondary N) is 1. The Morgan fingerprint density at radius 3 is 2.26 bits per heavy atom. The average Bonchev–Trinajstić information content (AvgIpc) is 2.55. The van der Waals surface area contributed by atoms with Gasteiger partial charge >= 0.3 is 0 Å². The third-order valence-corrected chi connectivity index (χ3v) is 4.26. The second kappa shape index (κ2) is 5.09. The number of benzene rings is 2. The second-order valence-corrected chi connectivity index (χ2v) is 5.95. The highest BCUT2D eigenvalue weighted by atomic mass is 15.5. The van der Waals surface area contributed by atoms with Crippen LogP contribution in [0.15, 0.2) is 42.5 Å². The van der Waals surface area contributed by atoms with Gasteiger partial charge in [0.25, 0.3) is 0 Å². The van der Waals surface area contributed by atoms with Crippen molar-refractivity contribution in [2.24, 2.45) is 0 Å². The largest absolute Gasteiger partial charge is 0.297 e. The van der Waals surface area contributed by atoms with Gasteiger partial charge < -0.3 is 0 Å². The van der Waals surface area contributed by atoms with E-state index in [0.29, 0.717) is 0 Å². The maximum absolute atomic E-state index is 4.82. The van der Waals surface area contributed by atoms with Crippen LogP contribution in [0.25, 0.3) is 22.8 Å². The quantitative estimate of drug-likeness (QED) is 0.744. The van der Waals surface area contributed by atoms with Crippen LogP contribution in [0.3, 0.4) is 0 Å². The summed E-state index contributed by atoms with van der Waals surface area (Å²) in [5, 5.41) is 1.93. The molecule has 0 bridgehead atoms.